The maximum Gasteiger partial charge on any atom is 0.133 e. The Labute approximate surface area is 88.9 Å². The Bertz CT molecular complexity index is 238. The molecule has 0 radical (unpaired) electrons. The van der Waals surface area contributed by atoms with E-state index in [-0.39, 0.29) is 0 Å². The highest BCUT2D eigenvalue weighted by molar-refractivity contribution is 7.99. The van der Waals surface area contributed by atoms with Gasteiger partial charge in [-0.25, -0.2) is 0 Å². The Morgan fingerprint density at radius 3 is 2.93 bits per heavy atom. The Morgan fingerprint density at radius 1 is 1.57 bits per heavy atom. The van der Waals surface area contributed by atoms with Gasteiger partial charge in [0.25, 0.3) is 0 Å². The molecule has 80 valence electrons. The lowest BCUT2D eigenvalue weighted by atomic mass is 10.2. The minimum atomic E-state index is -0.543. The summed E-state index contributed by atoms with van der Waals surface area (Å²) in [6.45, 7) is 3.59. The molecule has 3 nitrogen and oxygen atoms in total. The Hall–Kier alpha value is -0.450. The second kappa shape index (κ2) is 6.11. The third-order valence-corrected chi connectivity index (χ3v) is 3.01. The molecule has 2 N–H and O–H groups in total. The number of hydrogen-bond acceptors (Lipinski definition) is 4. The molecule has 14 heavy (non-hydrogen) atoms. The highest BCUT2D eigenvalue weighted by atomic mass is 32.2. The first kappa shape index (κ1) is 11.6. The van der Waals surface area contributed by atoms with E-state index in [9.17, 15) is 5.11 Å². The van der Waals surface area contributed by atoms with Crippen LogP contribution in [0.2, 0.25) is 0 Å². The molecular weight excluding hydrogens is 198 g/mol. The van der Waals surface area contributed by atoms with E-state index in [1.54, 1.807) is 30.2 Å². The van der Waals surface area contributed by atoms with Crippen LogP contribution in [0.4, 0.5) is 0 Å². The molecular formula is C10H17NO2S. The van der Waals surface area contributed by atoms with Gasteiger partial charge in [-0.3, -0.25) is 0 Å². The van der Waals surface area contributed by atoms with Crippen LogP contribution in [0, 0.1) is 0 Å². The van der Waals surface area contributed by atoms with Gasteiger partial charge in [-0.1, -0.05) is 6.92 Å². The van der Waals surface area contributed by atoms with Crippen LogP contribution >= 0.6 is 11.8 Å². The first-order valence-corrected chi connectivity index (χ1v) is 5.97. The highest BCUT2D eigenvalue weighted by Crippen LogP contribution is 2.11. The molecule has 0 aliphatic carbocycles. The third-order valence-electron chi connectivity index (χ3n) is 2.04. The molecule has 4 heteroatoms. The van der Waals surface area contributed by atoms with Gasteiger partial charge in [-0.05, 0) is 18.4 Å². The van der Waals surface area contributed by atoms with Gasteiger partial charge in [-0.15, -0.1) is 0 Å². The van der Waals surface area contributed by atoms with Crippen LogP contribution in [0.15, 0.2) is 22.8 Å². The number of hydrogen-bond donors (Lipinski definition) is 2. The normalized spacial score (nSPS) is 15.4. The number of aliphatic hydroxyl groups is 1. The summed E-state index contributed by atoms with van der Waals surface area (Å²) < 4.78 is 5.08. The average Bonchev–Trinajstić information content (AvgIpc) is 2.70. The largest absolute Gasteiger partial charge is 0.467 e. The number of aliphatic hydroxyl groups excluding tert-OH is 1. The second-order valence-electron chi connectivity index (χ2n) is 3.24. The first-order chi connectivity index (χ1) is 6.74. The summed E-state index contributed by atoms with van der Waals surface area (Å²) >= 11 is 1.81. The Morgan fingerprint density at radius 2 is 2.36 bits per heavy atom. The van der Waals surface area contributed by atoms with Crippen LogP contribution in [-0.2, 0) is 0 Å². The zero-order chi connectivity index (χ0) is 10.4. The molecule has 1 aromatic heterocycles. The van der Waals surface area contributed by atoms with E-state index in [1.165, 1.54) is 0 Å². The summed E-state index contributed by atoms with van der Waals surface area (Å²) in [4.78, 5) is 0. The van der Waals surface area contributed by atoms with E-state index < -0.39 is 6.10 Å². The molecule has 0 saturated carbocycles. The van der Waals surface area contributed by atoms with Crippen molar-refractivity contribution < 1.29 is 9.52 Å². The molecule has 1 aromatic rings. The van der Waals surface area contributed by atoms with Crippen molar-refractivity contribution in [2.24, 2.45) is 0 Å². The second-order valence-corrected chi connectivity index (χ2v) is 4.51. The maximum atomic E-state index is 9.63. The smallest absolute Gasteiger partial charge is 0.133 e. The Balaban J connectivity index is 2.19. The molecule has 0 bridgehead atoms. The average molecular weight is 215 g/mol. The van der Waals surface area contributed by atoms with Crippen molar-refractivity contribution in [1.82, 2.24) is 5.32 Å². The lowest BCUT2D eigenvalue weighted by Crippen LogP contribution is -2.27. The zero-order valence-electron chi connectivity index (χ0n) is 8.56. The van der Waals surface area contributed by atoms with Crippen LogP contribution in [0.5, 0.6) is 0 Å². The minimum absolute atomic E-state index is 0.540. The third kappa shape index (κ3) is 3.74. The number of rotatable bonds is 6. The minimum Gasteiger partial charge on any atom is -0.467 e. The number of nitrogens with one attached hydrogen (secondary N) is 1. The van der Waals surface area contributed by atoms with Crippen molar-refractivity contribution in [3.8, 4) is 0 Å². The topological polar surface area (TPSA) is 45.4 Å². The van der Waals surface area contributed by atoms with E-state index in [2.05, 4.69) is 18.5 Å². The fourth-order valence-electron chi connectivity index (χ4n) is 1.09. The molecule has 0 spiro atoms. The monoisotopic (exact) mass is 215 g/mol. The van der Waals surface area contributed by atoms with Gasteiger partial charge in [0.15, 0.2) is 0 Å². The van der Waals surface area contributed by atoms with Gasteiger partial charge in [0.05, 0.1) is 6.26 Å². The van der Waals surface area contributed by atoms with E-state index >= 15 is 0 Å². The van der Waals surface area contributed by atoms with Crippen molar-refractivity contribution in [3.05, 3.63) is 24.2 Å². The van der Waals surface area contributed by atoms with Gasteiger partial charge in [0, 0.05) is 18.3 Å². The standard InChI is InChI=1S/C10H17NO2S/c1-8(14-2)6-11-7-9(12)10-4-3-5-13-10/h3-5,8-9,11-12H,6-7H2,1-2H3. The molecule has 0 aliphatic heterocycles. The van der Waals surface area contributed by atoms with Gasteiger partial charge in [-0.2, -0.15) is 11.8 Å². The summed E-state index contributed by atoms with van der Waals surface area (Å²) in [5.41, 5.74) is 0. The molecule has 2 atom stereocenters. The first-order valence-electron chi connectivity index (χ1n) is 4.69. The number of thioether (sulfide) groups is 1. The molecule has 0 aliphatic rings. The molecule has 0 aromatic carbocycles. The van der Waals surface area contributed by atoms with Crippen LogP contribution in [0.3, 0.4) is 0 Å². The Kier molecular flexibility index (Phi) is 5.07. The van der Waals surface area contributed by atoms with Crippen molar-refractivity contribution in [2.75, 3.05) is 19.3 Å². The molecule has 1 rings (SSSR count). The predicted molar refractivity (Wildman–Crippen MR) is 59.5 cm³/mol. The summed E-state index contributed by atoms with van der Waals surface area (Å²) in [5, 5.41) is 13.4. The predicted octanol–water partition coefficient (Wildman–Crippen LogP) is 1.65. The van der Waals surface area contributed by atoms with Gasteiger partial charge >= 0.3 is 0 Å². The summed E-state index contributed by atoms with van der Waals surface area (Å²) in [6.07, 6.45) is 3.11. The highest BCUT2D eigenvalue weighted by Gasteiger charge is 2.09. The van der Waals surface area contributed by atoms with E-state index in [1.807, 2.05) is 0 Å². The molecule has 2 unspecified atom stereocenters. The van der Waals surface area contributed by atoms with Crippen molar-refractivity contribution >= 4 is 11.8 Å². The van der Waals surface area contributed by atoms with Crippen LogP contribution in [0.1, 0.15) is 18.8 Å². The van der Waals surface area contributed by atoms with Crippen LogP contribution < -0.4 is 5.32 Å². The molecule has 0 fully saturated rings. The SMILES string of the molecule is CSC(C)CNCC(O)c1ccco1. The van der Waals surface area contributed by atoms with Crippen molar-refractivity contribution in [3.63, 3.8) is 0 Å². The van der Waals surface area contributed by atoms with Crippen molar-refractivity contribution in [1.29, 1.82) is 0 Å². The fraction of sp³-hybridized carbons (Fsp3) is 0.600. The lowest BCUT2D eigenvalue weighted by Gasteiger charge is -2.12. The molecule has 1 heterocycles. The van der Waals surface area contributed by atoms with Gasteiger partial charge in [0.1, 0.15) is 11.9 Å². The molecule has 0 amide bonds. The van der Waals surface area contributed by atoms with Crippen LogP contribution in [-0.4, -0.2) is 29.7 Å². The van der Waals surface area contributed by atoms with E-state index in [0.717, 1.165) is 6.54 Å². The fourth-order valence-corrected chi connectivity index (χ4v) is 1.37. The van der Waals surface area contributed by atoms with E-state index in [4.69, 9.17) is 4.42 Å². The van der Waals surface area contributed by atoms with Gasteiger partial charge < -0.3 is 14.8 Å². The summed E-state index contributed by atoms with van der Waals surface area (Å²) in [5.74, 6) is 0.620. The van der Waals surface area contributed by atoms with Crippen LogP contribution in [0.25, 0.3) is 0 Å². The van der Waals surface area contributed by atoms with E-state index in [0.29, 0.717) is 17.6 Å². The maximum absolute atomic E-state index is 9.63. The van der Waals surface area contributed by atoms with Gasteiger partial charge in [0.2, 0.25) is 0 Å². The lowest BCUT2D eigenvalue weighted by molar-refractivity contribution is 0.148. The quantitative estimate of drug-likeness (QED) is 0.757. The zero-order valence-corrected chi connectivity index (χ0v) is 9.38. The summed E-state index contributed by atoms with van der Waals surface area (Å²) in [6, 6.07) is 3.56. The summed E-state index contributed by atoms with van der Waals surface area (Å²) in [7, 11) is 0. The molecule has 0 saturated heterocycles. The number of furan rings is 1. The van der Waals surface area contributed by atoms with Crippen molar-refractivity contribution in [2.45, 2.75) is 18.3 Å².